The normalized spacial score (nSPS) is 28.5. The van der Waals surface area contributed by atoms with E-state index in [1.54, 1.807) is 7.11 Å². The second kappa shape index (κ2) is 6.36. The van der Waals surface area contributed by atoms with Crippen molar-refractivity contribution in [2.75, 3.05) is 26.9 Å². The number of nitrogens with zero attached hydrogens (tertiary/aromatic N) is 1. The van der Waals surface area contributed by atoms with Crippen molar-refractivity contribution in [2.24, 2.45) is 5.41 Å². The van der Waals surface area contributed by atoms with E-state index < -0.39 is 11.4 Å². The number of likely N-dealkylation sites (tertiary alicyclic amines) is 1. The van der Waals surface area contributed by atoms with Gasteiger partial charge in [-0.25, -0.2) is 0 Å². The molecule has 22 heavy (non-hydrogen) atoms. The van der Waals surface area contributed by atoms with Crippen molar-refractivity contribution in [2.45, 2.75) is 32.0 Å². The Labute approximate surface area is 130 Å². The Bertz CT molecular complexity index is 530. The first-order chi connectivity index (χ1) is 10.7. The standard InChI is InChI=1S/C17H23NO4/c1-21-10-14-5-3-13(4-6-14)9-18-8-2-7-17(16(19)20)12-22-11-15(17)18/h3-6,15H,2,7-12H2,1H3,(H,19,20)/t15-,17+/m1/s1. The summed E-state index contributed by atoms with van der Waals surface area (Å²) in [6, 6.07) is 8.32. The number of rotatable bonds is 5. The van der Waals surface area contributed by atoms with Gasteiger partial charge in [0, 0.05) is 13.7 Å². The highest BCUT2D eigenvalue weighted by molar-refractivity contribution is 5.76. The zero-order valence-electron chi connectivity index (χ0n) is 13.0. The molecule has 0 spiro atoms. The van der Waals surface area contributed by atoms with Gasteiger partial charge in [0.2, 0.25) is 0 Å². The SMILES string of the molecule is COCc1ccc(CN2CCC[C@]3(C(=O)O)COC[C@@H]23)cc1. The van der Waals surface area contributed by atoms with Gasteiger partial charge in [-0.05, 0) is 30.5 Å². The maximum atomic E-state index is 11.8. The van der Waals surface area contributed by atoms with Gasteiger partial charge >= 0.3 is 5.97 Å². The summed E-state index contributed by atoms with van der Waals surface area (Å²) in [4.78, 5) is 14.0. The van der Waals surface area contributed by atoms with Crippen molar-refractivity contribution in [3.8, 4) is 0 Å². The van der Waals surface area contributed by atoms with Crippen LogP contribution in [0, 0.1) is 5.41 Å². The number of hydrogen-bond donors (Lipinski definition) is 1. The molecule has 2 aliphatic rings. The lowest BCUT2D eigenvalue weighted by Crippen LogP contribution is -2.55. The molecule has 0 unspecified atom stereocenters. The summed E-state index contributed by atoms with van der Waals surface area (Å²) < 4.78 is 10.7. The minimum absolute atomic E-state index is 0.0163. The van der Waals surface area contributed by atoms with Gasteiger partial charge in [0.1, 0.15) is 5.41 Å². The highest BCUT2D eigenvalue weighted by Gasteiger charge is 2.54. The van der Waals surface area contributed by atoms with Crippen molar-refractivity contribution in [1.29, 1.82) is 0 Å². The van der Waals surface area contributed by atoms with E-state index in [0.717, 1.165) is 31.5 Å². The number of carboxylic acid groups (broad SMARTS) is 1. The number of piperidine rings is 1. The average molecular weight is 305 g/mol. The molecular weight excluding hydrogens is 282 g/mol. The monoisotopic (exact) mass is 305 g/mol. The van der Waals surface area contributed by atoms with Gasteiger partial charge in [-0.15, -0.1) is 0 Å². The van der Waals surface area contributed by atoms with Crippen LogP contribution in [0.5, 0.6) is 0 Å². The molecule has 1 N–H and O–H groups in total. The molecule has 1 aromatic rings. The Hall–Kier alpha value is -1.43. The van der Waals surface area contributed by atoms with Gasteiger partial charge in [0.05, 0.1) is 25.9 Å². The molecule has 2 aliphatic heterocycles. The fourth-order valence-corrected chi connectivity index (χ4v) is 3.70. The van der Waals surface area contributed by atoms with Gasteiger partial charge in [-0.2, -0.15) is 0 Å². The number of benzene rings is 1. The van der Waals surface area contributed by atoms with Crippen LogP contribution in [0.1, 0.15) is 24.0 Å². The quantitative estimate of drug-likeness (QED) is 0.900. The van der Waals surface area contributed by atoms with Crippen LogP contribution < -0.4 is 0 Å². The molecule has 0 bridgehead atoms. The van der Waals surface area contributed by atoms with Crippen molar-refractivity contribution in [1.82, 2.24) is 4.90 Å². The minimum Gasteiger partial charge on any atom is -0.481 e. The lowest BCUT2D eigenvalue weighted by atomic mass is 9.75. The number of hydrogen-bond acceptors (Lipinski definition) is 4. The Morgan fingerprint density at radius 1 is 1.41 bits per heavy atom. The summed E-state index contributed by atoms with van der Waals surface area (Å²) in [5.74, 6) is -0.713. The largest absolute Gasteiger partial charge is 0.481 e. The van der Waals surface area contributed by atoms with Crippen LogP contribution >= 0.6 is 0 Å². The molecule has 5 heteroatoms. The van der Waals surface area contributed by atoms with Gasteiger partial charge < -0.3 is 14.6 Å². The van der Waals surface area contributed by atoms with E-state index in [2.05, 4.69) is 29.2 Å². The van der Waals surface area contributed by atoms with E-state index >= 15 is 0 Å². The van der Waals surface area contributed by atoms with Crippen molar-refractivity contribution >= 4 is 5.97 Å². The second-order valence-electron chi connectivity index (χ2n) is 6.32. The fourth-order valence-electron chi connectivity index (χ4n) is 3.70. The molecule has 2 fully saturated rings. The maximum absolute atomic E-state index is 11.8. The summed E-state index contributed by atoms with van der Waals surface area (Å²) in [6.45, 7) is 3.19. The third kappa shape index (κ3) is 2.76. The number of carboxylic acids is 1. The topological polar surface area (TPSA) is 59.0 Å². The molecule has 3 rings (SSSR count). The molecule has 1 aromatic carbocycles. The first kappa shape index (κ1) is 15.5. The lowest BCUT2D eigenvalue weighted by Gasteiger charge is -2.42. The third-order valence-electron chi connectivity index (χ3n) is 4.93. The molecule has 2 atom stereocenters. The molecule has 0 saturated carbocycles. The van der Waals surface area contributed by atoms with Crippen LogP contribution in [0.3, 0.4) is 0 Å². The van der Waals surface area contributed by atoms with Crippen LogP contribution in [-0.4, -0.2) is 48.9 Å². The minimum atomic E-state index is -0.714. The van der Waals surface area contributed by atoms with Gasteiger partial charge in [0.25, 0.3) is 0 Å². The first-order valence-corrected chi connectivity index (χ1v) is 7.78. The van der Waals surface area contributed by atoms with Crippen molar-refractivity contribution in [3.05, 3.63) is 35.4 Å². The number of fused-ring (bicyclic) bond motifs is 1. The summed E-state index contributed by atoms with van der Waals surface area (Å²) in [5, 5.41) is 9.66. The zero-order valence-corrected chi connectivity index (χ0v) is 13.0. The van der Waals surface area contributed by atoms with E-state index in [-0.39, 0.29) is 6.04 Å². The Balaban J connectivity index is 1.73. The molecule has 0 radical (unpaired) electrons. The summed E-state index contributed by atoms with van der Waals surface area (Å²) in [6.07, 6.45) is 1.63. The summed E-state index contributed by atoms with van der Waals surface area (Å²) in [5.41, 5.74) is 1.63. The number of aliphatic carboxylic acids is 1. The highest BCUT2D eigenvalue weighted by Crippen LogP contribution is 2.41. The first-order valence-electron chi connectivity index (χ1n) is 7.78. The van der Waals surface area contributed by atoms with Gasteiger partial charge in [0.15, 0.2) is 0 Å². The van der Waals surface area contributed by atoms with E-state index in [9.17, 15) is 9.90 Å². The van der Waals surface area contributed by atoms with Gasteiger partial charge in [-0.1, -0.05) is 24.3 Å². The molecule has 120 valence electrons. The van der Waals surface area contributed by atoms with Crippen LogP contribution in [0.25, 0.3) is 0 Å². The van der Waals surface area contributed by atoms with Crippen LogP contribution in [-0.2, 0) is 27.4 Å². The van der Waals surface area contributed by atoms with E-state index in [4.69, 9.17) is 9.47 Å². The van der Waals surface area contributed by atoms with E-state index in [1.165, 1.54) is 5.56 Å². The predicted octanol–water partition coefficient (Wildman–Crippen LogP) is 1.90. The Kier molecular flexibility index (Phi) is 4.47. The van der Waals surface area contributed by atoms with Crippen molar-refractivity contribution in [3.63, 3.8) is 0 Å². The van der Waals surface area contributed by atoms with Crippen LogP contribution in [0.2, 0.25) is 0 Å². The molecule has 5 nitrogen and oxygen atoms in total. The number of methoxy groups -OCH3 is 1. The van der Waals surface area contributed by atoms with Crippen LogP contribution in [0.4, 0.5) is 0 Å². The summed E-state index contributed by atoms with van der Waals surface area (Å²) >= 11 is 0. The number of ether oxygens (including phenoxy) is 2. The lowest BCUT2D eigenvalue weighted by molar-refractivity contribution is -0.154. The number of carbonyl (C=O) groups is 1. The predicted molar refractivity (Wildman–Crippen MR) is 81.5 cm³/mol. The second-order valence-corrected chi connectivity index (χ2v) is 6.32. The zero-order chi connectivity index (χ0) is 15.6. The molecule has 0 aromatic heterocycles. The molecule has 2 saturated heterocycles. The highest BCUT2D eigenvalue weighted by atomic mass is 16.5. The summed E-state index contributed by atoms with van der Waals surface area (Å²) in [7, 11) is 1.69. The fraction of sp³-hybridized carbons (Fsp3) is 0.588. The smallest absolute Gasteiger partial charge is 0.313 e. The molecule has 0 aliphatic carbocycles. The average Bonchev–Trinajstić information content (AvgIpc) is 2.96. The molecule has 2 heterocycles. The van der Waals surface area contributed by atoms with Crippen LogP contribution in [0.15, 0.2) is 24.3 Å². The maximum Gasteiger partial charge on any atom is 0.313 e. The third-order valence-corrected chi connectivity index (χ3v) is 4.93. The molecule has 0 amide bonds. The van der Waals surface area contributed by atoms with Crippen molar-refractivity contribution < 1.29 is 19.4 Å². The van der Waals surface area contributed by atoms with E-state index in [0.29, 0.717) is 19.8 Å². The Morgan fingerprint density at radius 2 is 2.14 bits per heavy atom. The van der Waals surface area contributed by atoms with E-state index in [1.807, 2.05) is 0 Å². The Morgan fingerprint density at radius 3 is 2.82 bits per heavy atom. The van der Waals surface area contributed by atoms with Gasteiger partial charge in [-0.3, -0.25) is 9.69 Å². The molecular formula is C17H23NO4.